The molecular formula is C22H23ClF3N5O3. The standard InChI is InChI=1S/C22H23ClF3N5O3/c1-20(33)8-13(9-20)31-17(32)10-21(2,30-19(31)27)14-4-3-5-15(18(14)23)29-12-6-7-16(28-11-12)34-22(24,25)26/h3-7,11,13,29,33H,8-10H2,1-2H3,(H2,27,30)/t13?,20?,21-/m0/s1. The molecular weight excluding hydrogens is 475 g/mol. The first-order chi connectivity index (χ1) is 15.8. The number of pyridine rings is 1. The van der Waals surface area contributed by atoms with Gasteiger partial charge in [0.05, 0.1) is 40.2 Å². The second-order valence-corrected chi connectivity index (χ2v) is 9.41. The van der Waals surface area contributed by atoms with E-state index in [4.69, 9.17) is 17.0 Å². The Hall–Kier alpha value is -3.05. The van der Waals surface area contributed by atoms with Crippen molar-refractivity contribution < 1.29 is 27.8 Å². The van der Waals surface area contributed by atoms with Crippen LogP contribution < -0.4 is 15.4 Å². The number of nitrogens with one attached hydrogen (secondary N) is 3. The number of guanidine groups is 1. The molecule has 0 spiro atoms. The molecule has 1 aromatic heterocycles. The van der Waals surface area contributed by atoms with E-state index in [9.17, 15) is 23.1 Å². The zero-order chi connectivity index (χ0) is 24.9. The van der Waals surface area contributed by atoms with E-state index in [-0.39, 0.29) is 29.4 Å². The average molecular weight is 498 g/mol. The number of anilines is 2. The van der Waals surface area contributed by atoms with Crippen LogP contribution >= 0.6 is 11.6 Å². The Balaban J connectivity index is 1.51. The fourth-order valence-corrected chi connectivity index (χ4v) is 4.79. The van der Waals surface area contributed by atoms with E-state index >= 15 is 0 Å². The largest absolute Gasteiger partial charge is 0.574 e. The maximum atomic E-state index is 13.0. The predicted molar refractivity (Wildman–Crippen MR) is 119 cm³/mol. The van der Waals surface area contributed by atoms with Crippen molar-refractivity contribution in [1.29, 1.82) is 5.41 Å². The van der Waals surface area contributed by atoms with E-state index < -0.39 is 23.4 Å². The van der Waals surface area contributed by atoms with Crippen LogP contribution in [0, 0.1) is 5.41 Å². The Labute approximate surface area is 198 Å². The number of carbonyl (C=O) groups is 1. The predicted octanol–water partition coefficient (Wildman–Crippen LogP) is 4.26. The Morgan fingerprint density at radius 2 is 2.00 bits per heavy atom. The van der Waals surface area contributed by atoms with Crippen LogP contribution in [0.4, 0.5) is 24.5 Å². The summed E-state index contributed by atoms with van der Waals surface area (Å²) in [5.74, 6) is -0.893. The molecule has 4 N–H and O–H groups in total. The molecule has 1 aromatic carbocycles. The van der Waals surface area contributed by atoms with Gasteiger partial charge in [0.2, 0.25) is 11.8 Å². The molecule has 2 aliphatic rings. The van der Waals surface area contributed by atoms with Crippen molar-refractivity contribution >= 4 is 34.8 Å². The molecule has 0 radical (unpaired) electrons. The third-order valence-corrected chi connectivity index (χ3v) is 6.36. The van der Waals surface area contributed by atoms with Crippen molar-refractivity contribution in [3.63, 3.8) is 0 Å². The van der Waals surface area contributed by atoms with E-state index in [1.165, 1.54) is 17.2 Å². The van der Waals surface area contributed by atoms with Crippen molar-refractivity contribution in [3.05, 3.63) is 47.1 Å². The summed E-state index contributed by atoms with van der Waals surface area (Å²) in [4.78, 5) is 18.0. The number of aromatic nitrogens is 1. The summed E-state index contributed by atoms with van der Waals surface area (Å²) >= 11 is 6.65. The molecule has 2 aromatic rings. The van der Waals surface area contributed by atoms with Gasteiger partial charge in [-0.3, -0.25) is 15.1 Å². The quantitative estimate of drug-likeness (QED) is 0.491. The first kappa shape index (κ1) is 24.1. The Morgan fingerprint density at radius 3 is 2.56 bits per heavy atom. The second-order valence-electron chi connectivity index (χ2n) is 9.03. The normalized spacial score (nSPS) is 27.1. The monoisotopic (exact) mass is 497 g/mol. The molecule has 34 heavy (non-hydrogen) atoms. The van der Waals surface area contributed by atoms with Crippen molar-refractivity contribution in [2.75, 3.05) is 5.32 Å². The summed E-state index contributed by atoms with van der Waals surface area (Å²) < 4.78 is 40.7. The van der Waals surface area contributed by atoms with Gasteiger partial charge in [-0.25, -0.2) is 4.98 Å². The van der Waals surface area contributed by atoms with Crippen LogP contribution in [0.15, 0.2) is 36.5 Å². The number of benzene rings is 1. The van der Waals surface area contributed by atoms with E-state index in [1.807, 2.05) is 0 Å². The average Bonchev–Trinajstić information content (AvgIpc) is 2.67. The van der Waals surface area contributed by atoms with Crippen molar-refractivity contribution in [3.8, 4) is 5.88 Å². The molecule has 1 saturated carbocycles. The highest BCUT2D eigenvalue weighted by molar-refractivity contribution is 6.34. The fourth-order valence-electron chi connectivity index (χ4n) is 4.41. The number of rotatable bonds is 5. The number of alkyl halides is 3. The smallest absolute Gasteiger partial charge is 0.390 e. The van der Waals surface area contributed by atoms with Gasteiger partial charge in [0, 0.05) is 12.1 Å². The first-order valence-corrected chi connectivity index (χ1v) is 10.8. The number of aliphatic hydroxyl groups is 1. The van der Waals surface area contributed by atoms with Crippen molar-refractivity contribution in [1.82, 2.24) is 15.2 Å². The molecule has 1 atom stereocenters. The lowest BCUT2D eigenvalue weighted by molar-refractivity contribution is -0.276. The first-order valence-electron chi connectivity index (χ1n) is 10.5. The molecule has 0 bridgehead atoms. The molecule has 8 nitrogen and oxygen atoms in total. The van der Waals surface area contributed by atoms with Crippen LogP contribution in [0.25, 0.3) is 0 Å². The molecule has 12 heteroatoms. The van der Waals surface area contributed by atoms with E-state index in [2.05, 4.69) is 20.4 Å². The number of carbonyl (C=O) groups excluding carboxylic acids is 1. The van der Waals surface area contributed by atoms with Gasteiger partial charge < -0.3 is 20.5 Å². The van der Waals surface area contributed by atoms with Crippen molar-refractivity contribution in [2.45, 2.75) is 56.7 Å². The lowest BCUT2D eigenvalue weighted by Crippen LogP contribution is -2.66. The van der Waals surface area contributed by atoms with Crippen molar-refractivity contribution in [2.24, 2.45) is 0 Å². The lowest BCUT2D eigenvalue weighted by Gasteiger charge is -2.50. The molecule has 2 heterocycles. The summed E-state index contributed by atoms with van der Waals surface area (Å²) in [7, 11) is 0. The molecule has 1 saturated heterocycles. The number of hydrogen-bond donors (Lipinski definition) is 4. The van der Waals surface area contributed by atoms with E-state index in [1.54, 1.807) is 32.0 Å². The highest BCUT2D eigenvalue weighted by Crippen LogP contribution is 2.41. The van der Waals surface area contributed by atoms with Crippen LogP contribution in [-0.4, -0.2) is 44.9 Å². The van der Waals surface area contributed by atoms with Crippen LogP contribution in [-0.2, 0) is 10.3 Å². The number of halogens is 4. The highest BCUT2D eigenvalue weighted by Gasteiger charge is 2.49. The van der Waals surface area contributed by atoms with E-state index in [0.717, 1.165) is 6.07 Å². The Bertz CT molecular complexity index is 1100. The molecule has 4 rings (SSSR count). The van der Waals surface area contributed by atoms with Gasteiger partial charge in [0.25, 0.3) is 0 Å². The van der Waals surface area contributed by atoms with Crippen LogP contribution in [0.3, 0.4) is 0 Å². The zero-order valence-electron chi connectivity index (χ0n) is 18.3. The molecule has 2 fully saturated rings. The van der Waals surface area contributed by atoms with E-state index in [0.29, 0.717) is 29.8 Å². The van der Waals surface area contributed by atoms with Gasteiger partial charge in [-0.1, -0.05) is 23.7 Å². The minimum absolute atomic E-state index is 0.0439. The van der Waals surface area contributed by atoms with Gasteiger partial charge in [0.15, 0.2) is 5.96 Å². The summed E-state index contributed by atoms with van der Waals surface area (Å²) in [6, 6.07) is 7.34. The molecule has 1 aliphatic carbocycles. The van der Waals surface area contributed by atoms with Gasteiger partial charge in [-0.05, 0) is 44.4 Å². The summed E-state index contributed by atoms with van der Waals surface area (Å²) in [6.07, 6.45) is -2.81. The SMILES string of the molecule is CC1(O)CC(N2C(=N)N[C@](C)(c3cccc(Nc4ccc(OC(F)(F)F)nc4)c3Cl)CC2=O)C1. The van der Waals surface area contributed by atoms with Gasteiger partial charge in [0.1, 0.15) is 0 Å². The number of nitrogens with zero attached hydrogens (tertiary/aromatic N) is 2. The fraction of sp³-hybridized carbons (Fsp3) is 0.409. The Morgan fingerprint density at radius 1 is 1.29 bits per heavy atom. The minimum atomic E-state index is -4.83. The van der Waals surface area contributed by atoms with Crippen LogP contribution in [0.5, 0.6) is 5.88 Å². The summed E-state index contributed by atoms with van der Waals surface area (Å²) in [5, 5.41) is 24.8. The van der Waals surface area contributed by atoms with Gasteiger partial charge in [-0.2, -0.15) is 0 Å². The van der Waals surface area contributed by atoms with Gasteiger partial charge >= 0.3 is 6.36 Å². The third-order valence-electron chi connectivity index (χ3n) is 5.95. The highest BCUT2D eigenvalue weighted by atomic mass is 35.5. The number of hydrogen-bond acceptors (Lipinski definition) is 6. The second kappa shape index (κ2) is 8.31. The molecule has 182 valence electrons. The lowest BCUT2D eigenvalue weighted by atomic mass is 9.75. The molecule has 1 aliphatic heterocycles. The minimum Gasteiger partial charge on any atom is -0.390 e. The van der Waals surface area contributed by atoms with Crippen LogP contribution in [0.2, 0.25) is 5.02 Å². The van der Waals surface area contributed by atoms with Gasteiger partial charge in [-0.15, -0.1) is 13.2 Å². The molecule has 1 amide bonds. The third kappa shape index (κ3) is 4.90. The van der Waals surface area contributed by atoms with Crippen LogP contribution in [0.1, 0.15) is 38.7 Å². The summed E-state index contributed by atoms with van der Waals surface area (Å²) in [6.45, 7) is 3.47. The maximum Gasteiger partial charge on any atom is 0.574 e. The summed E-state index contributed by atoms with van der Waals surface area (Å²) in [5.41, 5.74) is -0.398. The topological polar surface area (TPSA) is 111 Å². The number of ether oxygens (including phenoxy) is 1. The zero-order valence-corrected chi connectivity index (χ0v) is 19.1. The Kier molecular flexibility index (Phi) is 5.89. The number of amides is 1. The molecule has 0 unspecified atom stereocenters. The maximum absolute atomic E-state index is 13.0.